The van der Waals surface area contributed by atoms with Crippen LogP contribution >= 0.6 is 0 Å². The fourth-order valence-electron chi connectivity index (χ4n) is 2.74. The zero-order chi connectivity index (χ0) is 23.3. The standard InChI is InChI=1S/C18H20N4O2.C2HF3O2/c1-13-17(23)22(16-6-4-15(5-7-16)20(2)3)18(24)21(13)12-14-8-10-19-11-9-14;3-2(4,5)1(6)7/h4-11,13H,12H2,1-3H3;(H,6,7). The van der Waals surface area contributed by atoms with E-state index in [9.17, 15) is 22.8 Å². The molecule has 1 saturated heterocycles. The maximum absolute atomic E-state index is 12.8. The molecule has 2 aromatic rings. The lowest BCUT2D eigenvalue weighted by atomic mass is 10.2. The summed E-state index contributed by atoms with van der Waals surface area (Å²) >= 11 is 0. The van der Waals surface area contributed by atoms with E-state index >= 15 is 0 Å². The Bertz CT molecular complexity index is 934. The second-order valence-corrected chi connectivity index (χ2v) is 6.83. The monoisotopic (exact) mass is 438 g/mol. The molecule has 1 atom stereocenters. The van der Waals surface area contributed by atoms with Crippen molar-refractivity contribution >= 4 is 29.3 Å². The number of imide groups is 1. The molecule has 31 heavy (non-hydrogen) atoms. The average molecular weight is 438 g/mol. The predicted molar refractivity (Wildman–Crippen MR) is 107 cm³/mol. The highest BCUT2D eigenvalue weighted by Gasteiger charge is 2.43. The molecule has 0 saturated carbocycles. The number of hydrogen-bond acceptors (Lipinski definition) is 5. The fourth-order valence-corrected chi connectivity index (χ4v) is 2.74. The van der Waals surface area contributed by atoms with E-state index in [0.29, 0.717) is 12.2 Å². The highest BCUT2D eigenvalue weighted by atomic mass is 19.4. The lowest BCUT2D eigenvalue weighted by Crippen LogP contribution is -2.33. The molecule has 8 nitrogen and oxygen atoms in total. The largest absolute Gasteiger partial charge is 0.490 e. The summed E-state index contributed by atoms with van der Waals surface area (Å²) in [5.74, 6) is -2.96. The average Bonchev–Trinajstić information content (AvgIpc) is 2.92. The molecule has 0 radical (unpaired) electrons. The molecule has 11 heteroatoms. The van der Waals surface area contributed by atoms with Gasteiger partial charge in [0.2, 0.25) is 0 Å². The number of rotatable bonds is 4. The number of carbonyl (C=O) groups excluding carboxylic acids is 2. The van der Waals surface area contributed by atoms with Crippen molar-refractivity contribution in [3.8, 4) is 0 Å². The van der Waals surface area contributed by atoms with Crippen LogP contribution < -0.4 is 9.80 Å². The Hall–Kier alpha value is -3.63. The van der Waals surface area contributed by atoms with Gasteiger partial charge in [-0.3, -0.25) is 9.78 Å². The van der Waals surface area contributed by atoms with E-state index in [1.807, 2.05) is 43.3 Å². The molecule has 0 bridgehead atoms. The van der Waals surface area contributed by atoms with Gasteiger partial charge >= 0.3 is 18.2 Å². The Morgan fingerprint density at radius 3 is 2.06 bits per heavy atom. The van der Waals surface area contributed by atoms with Gasteiger partial charge in [0.25, 0.3) is 5.91 Å². The van der Waals surface area contributed by atoms with Gasteiger partial charge in [-0.15, -0.1) is 0 Å². The van der Waals surface area contributed by atoms with Gasteiger partial charge < -0.3 is 14.9 Å². The summed E-state index contributed by atoms with van der Waals surface area (Å²) in [6.45, 7) is 2.15. The number of anilines is 2. The number of carboxylic acids is 1. The molecule has 1 aromatic carbocycles. The molecule has 1 aliphatic rings. The molecular weight excluding hydrogens is 417 g/mol. The van der Waals surface area contributed by atoms with Crippen molar-refractivity contribution in [2.24, 2.45) is 0 Å². The first-order valence-electron chi connectivity index (χ1n) is 9.04. The summed E-state index contributed by atoms with van der Waals surface area (Å²) in [4.78, 5) is 43.0. The van der Waals surface area contributed by atoms with E-state index in [-0.39, 0.29) is 11.9 Å². The van der Waals surface area contributed by atoms with Crippen LogP contribution in [0.15, 0.2) is 48.8 Å². The van der Waals surface area contributed by atoms with Crippen molar-refractivity contribution in [1.29, 1.82) is 0 Å². The number of alkyl halides is 3. The molecular formula is C20H21F3N4O4. The smallest absolute Gasteiger partial charge is 0.475 e. The second kappa shape index (κ2) is 9.45. The molecule has 0 spiro atoms. The minimum absolute atomic E-state index is 0.202. The number of carbonyl (C=O) groups is 3. The van der Waals surface area contributed by atoms with Crippen LogP contribution in [-0.2, 0) is 16.1 Å². The lowest BCUT2D eigenvalue weighted by Gasteiger charge is -2.19. The summed E-state index contributed by atoms with van der Waals surface area (Å²) in [5, 5.41) is 7.12. The van der Waals surface area contributed by atoms with Crippen LogP contribution in [0, 0.1) is 0 Å². The Morgan fingerprint density at radius 1 is 1.10 bits per heavy atom. The van der Waals surface area contributed by atoms with Gasteiger partial charge in [-0.05, 0) is 48.9 Å². The topological polar surface area (TPSA) is 94.1 Å². The third-order valence-corrected chi connectivity index (χ3v) is 4.45. The SMILES string of the molecule is CC1C(=O)N(c2ccc(N(C)C)cc2)C(=O)N1Cc1ccncc1.O=C(O)C(F)(F)F. The zero-order valence-corrected chi connectivity index (χ0v) is 17.0. The van der Waals surface area contributed by atoms with Crippen LogP contribution in [0.25, 0.3) is 0 Å². The Morgan fingerprint density at radius 2 is 1.61 bits per heavy atom. The van der Waals surface area contributed by atoms with E-state index < -0.39 is 18.2 Å². The van der Waals surface area contributed by atoms with Crippen molar-refractivity contribution in [1.82, 2.24) is 9.88 Å². The van der Waals surface area contributed by atoms with Crippen LogP contribution in [-0.4, -0.2) is 59.2 Å². The summed E-state index contributed by atoms with van der Waals surface area (Å²) in [7, 11) is 3.89. The lowest BCUT2D eigenvalue weighted by molar-refractivity contribution is -0.192. The van der Waals surface area contributed by atoms with Crippen LogP contribution in [0.4, 0.5) is 29.3 Å². The number of benzene rings is 1. The quantitative estimate of drug-likeness (QED) is 0.738. The first-order chi connectivity index (χ1) is 14.4. The molecule has 1 fully saturated rings. The van der Waals surface area contributed by atoms with Crippen LogP contribution in [0.1, 0.15) is 12.5 Å². The Kier molecular flexibility index (Phi) is 7.21. The second-order valence-electron chi connectivity index (χ2n) is 6.83. The molecule has 3 rings (SSSR count). The number of amides is 3. The van der Waals surface area contributed by atoms with Gasteiger partial charge in [0.05, 0.1) is 5.69 Å². The van der Waals surface area contributed by atoms with Crippen molar-refractivity contribution in [3.05, 3.63) is 54.4 Å². The van der Waals surface area contributed by atoms with Gasteiger partial charge in [0, 0.05) is 38.7 Å². The molecule has 166 valence electrons. The van der Waals surface area contributed by atoms with E-state index in [1.165, 1.54) is 4.90 Å². The van der Waals surface area contributed by atoms with Gasteiger partial charge in [-0.25, -0.2) is 14.5 Å². The van der Waals surface area contributed by atoms with Crippen molar-refractivity contribution in [2.75, 3.05) is 23.9 Å². The van der Waals surface area contributed by atoms with E-state index in [4.69, 9.17) is 9.90 Å². The number of halogens is 3. The van der Waals surface area contributed by atoms with Crippen LogP contribution in [0.5, 0.6) is 0 Å². The minimum atomic E-state index is -5.08. The number of carboxylic acid groups (broad SMARTS) is 1. The van der Waals surface area contributed by atoms with E-state index in [2.05, 4.69) is 4.98 Å². The first-order valence-corrected chi connectivity index (χ1v) is 9.04. The number of aliphatic carboxylic acids is 1. The van der Waals surface area contributed by atoms with Gasteiger partial charge in [0.1, 0.15) is 6.04 Å². The van der Waals surface area contributed by atoms with Crippen molar-refractivity contribution in [3.63, 3.8) is 0 Å². The number of urea groups is 1. The molecule has 3 amide bonds. The number of hydrogen-bond donors (Lipinski definition) is 1. The van der Waals surface area contributed by atoms with Gasteiger partial charge in [0.15, 0.2) is 0 Å². The van der Waals surface area contributed by atoms with Crippen molar-refractivity contribution < 1.29 is 32.7 Å². The zero-order valence-electron chi connectivity index (χ0n) is 17.0. The first kappa shape index (κ1) is 23.6. The van der Waals surface area contributed by atoms with Crippen LogP contribution in [0.2, 0.25) is 0 Å². The fraction of sp³-hybridized carbons (Fsp3) is 0.300. The van der Waals surface area contributed by atoms with Crippen molar-refractivity contribution in [2.45, 2.75) is 25.7 Å². The predicted octanol–water partition coefficient (Wildman–Crippen LogP) is 3.14. The highest BCUT2D eigenvalue weighted by molar-refractivity contribution is 6.21. The maximum atomic E-state index is 12.8. The summed E-state index contributed by atoms with van der Waals surface area (Å²) in [5.41, 5.74) is 2.56. The number of nitrogens with zero attached hydrogens (tertiary/aromatic N) is 4. The molecule has 0 aliphatic carbocycles. The third kappa shape index (κ3) is 5.71. The van der Waals surface area contributed by atoms with E-state index in [0.717, 1.165) is 11.3 Å². The van der Waals surface area contributed by atoms with Gasteiger partial charge in [-0.2, -0.15) is 13.2 Å². The summed E-state index contributed by atoms with van der Waals surface area (Å²) in [6, 6.07) is 10.3. The number of aromatic nitrogens is 1. The van der Waals surface area contributed by atoms with Gasteiger partial charge in [-0.1, -0.05) is 0 Å². The third-order valence-electron chi connectivity index (χ3n) is 4.45. The molecule has 1 aromatic heterocycles. The molecule has 1 aliphatic heterocycles. The van der Waals surface area contributed by atoms with Crippen LogP contribution in [0.3, 0.4) is 0 Å². The Balaban J connectivity index is 0.000000423. The summed E-state index contributed by atoms with van der Waals surface area (Å²) in [6.07, 6.45) is -1.72. The summed E-state index contributed by atoms with van der Waals surface area (Å²) < 4.78 is 31.7. The molecule has 1 unspecified atom stereocenters. The Labute approximate surface area is 176 Å². The maximum Gasteiger partial charge on any atom is 0.490 e. The highest BCUT2D eigenvalue weighted by Crippen LogP contribution is 2.28. The number of pyridine rings is 1. The molecule has 1 N–H and O–H groups in total. The normalized spacial score (nSPS) is 16.1. The van der Waals surface area contributed by atoms with E-state index in [1.54, 1.807) is 36.4 Å². The molecule has 2 heterocycles. The minimum Gasteiger partial charge on any atom is -0.475 e.